The Morgan fingerprint density at radius 3 is 3.08 bits per heavy atom. The van der Waals surface area contributed by atoms with Crippen LogP contribution in [0.3, 0.4) is 0 Å². The smallest absolute Gasteiger partial charge is 0.0832 e. The number of hydrogen-bond acceptors (Lipinski definition) is 2. The van der Waals surface area contributed by atoms with Crippen LogP contribution in [0, 0.1) is 0 Å². The Kier molecular flexibility index (Phi) is 2.08. The average Bonchev–Trinajstić information content (AvgIpc) is 2.05. The van der Waals surface area contributed by atoms with Crippen LogP contribution in [0.2, 0.25) is 0 Å². The van der Waals surface area contributed by atoms with Crippen LogP contribution in [0.25, 0.3) is 0 Å². The van der Waals surface area contributed by atoms with E-state index in [4.69, 9.17) is 0 Å². The summed E-state index contributed by atoms with van der Waals surface area (Å²) >= 11 is 3.42. The zero-order valence-corrected chi connectivity index (χ0v) is 9.06. The molecule has 0 saturated carbocycles. The summed E-state index contributed by atoms with van der Waals surface area (Å²) in [7, 11) is 0. The minimum atomic E-state index is -0.610. The van der Waals surface area contributed by atoms with E-state index in [1.54, 1.807) is 0 Å². The standard InChI is InChI=1S/C10H12BrNO/c1-10(13)5-7-2-3-8(11)4-9(7)12-6-10/h2-4,12-13H,5-6H2,1H3. The van der Waals surface area contributed by atoms with Gasteiger partial charge < -0.3 is 10.4 Å². The number of hydrogen-bond donors (Lipinski definition) is 2. The lowest BCUT2D eigenvalue weighted by molar-refractivity contribution is 0.0710. The zero-order chi connectivity index (χ0) is 9.47. The maximum Gasteiger partial charge on any atom is 0.0832 e. The molecule has 0 bridgehead atoms. The molecule has 1 aliphatic rings. The first kappa shape index (κ1) is 9.03. The second-order valence-electron chi connectivity index (χ2n) is 3.83. The molecule has 0 fully saturated rings. The van der Waals surface area contributed by atoms with Gasteiger partial charge in [0.15, 0.2) is 0 Å². The summed E-state index contributed by atoms with van der Waals surface area (Å²) in [4.78, 5) is 0. The normalized spacial score (nSPS) is 26.4. The molecule has 13 heavy (non-hydrogen) atoms. The van der Waals surface area contributed by atoms with E-state index in [1.807, 2.05) is 25.1 Å². The predicted molar refractivity (Wildman–Crippen MR) is 57.0 cm³/mol. The second kappa shape index (κ2) is 3.00. The van der Waals surface area contributed by atoms with E-state index in [0.29, 0.717) is 6.54 Å². The van der Waals surface area contributed by atoms with Gasteiger partial charge in [-0.3, -0.25) is 0 Å². The Hall–Kier alpha value is -0.540. The van der Waals surface area contributed by atoms with Crippen molar-refractivity contribution in [2.45, 2.75) is 18.9 Å². The molecule has 0 spiro atoms. The summed E-state index contributed by atoms with van der Waals surface area (Å²) < 4.78 is 1.07. The van der Waals surface area contributed by atoms with Crippen molar-refractivity contribution < 1.29 is 5.11 Å². The van der Waals surface area contributed by atoms with Gasteiger partial charge in [0, 0.05) is 23.1 Å². The molecule has 0 radical (unpaired) electrons. The minimum absolute atomic E-state index is 0.610. The predicted octanol–water partition coefficient (Wildman–Crippen LogP) is 2.17. The van der Waals surface area contributed by atoms with Gasteiger partial charge in [-0.05, 0) is 24.6 Å². The highest BCUT2D eigenvalue weighted by Gasteiger charge is 2.26. The molecule has 0 aliphatic carbocycles. The summed E-state index contributed by atoms with van der Waals surface area (Å²) in [6.45, 7) is 2.47. The van der Waals surface area contributed by atoms with E-state index in [9.17, 15) is 5.11 Å². The van der Waals surface area contributed by atoms with Crippen molar-refractivity contribution in [3.63, 3.8) is 0 Å². The van der Waals surface area contributed by atoms with Gasteiger partial charge >= 0.3 is 0 Å². The summed E-state index contributed by atoms with van der Waals surface area (Å²) in [5.41, 5.74) is 1.70. The first-order valence-electron chi connectivity index (χ1n) is 4.31. The molecule has 0 amide bonds. The highest BCUT2D eigenvalue weighted by molar-refractivity contribution is 9.10. The molecule has 3 heteroatoms. The lowest BCUT2D eigenvalue weighted by Crippen LogP contribution is -2.39. The van der Waals surface area contributed by atoms with Crippen LogP contribution >= 0.6 is 15.9 Å². The summed E-state index contributed by atoms with van der Waals surface area (Å²) in [5.74, 6) is 0. The number of nitrogens with one attached hydrogen (secondary N) is 1. The van der Waals surface area contributed by atoms with Crippen LogP contribution in [0.15, 0.2) is 22.7 Å². The number of β-amino-alcohol motifs (C(OH)–C–C–N with tert-alkyl or cyclic N) is 1. The summed E-state index contributed by atoms with van der Waals surface area (Å²) in [6.07, 6.45) is 0.725. The Labute approximate surface area is 86.1 Å². The molecule has 0 saturated heterocycles. The Morgan fingerprint density at radius 2 is 2.31 bits per heavy atom. The van der Waals surface area contributed by atoms with E-state index in [1.165, 1.54) is 5.56 Å². The molecule has 0 aromatic heterocycles. The highest BCUT2D eigenvalue weighted by atomic mass is 79.9. The van der Waals surface area contributed by atoms with E-state index in [2.05, 4.69) is 21.2 Å². The topological polar surface area (TPSA) is 32.3 Å². The third-order valence-electron chi connectivity index (χ3n) is 2.30. The quantitative estimate of drug-likeness (QED) is 0.730. The average molecular weight is 242 g/mol. The van der Waals surface area contributed by atoms with Crippen LogP contribution in [0.4, 0.5) is 5.69 Å². The molecular weight excluding hydrogens is 230 g/mol. The van der Waals surface area contributed by atoms with Gasteiger partial charge in [0.1, 0.15) is 0 Å². The van der Waals surface area contributed by atoms with E-state index >= 15 is 0 Å². The van der Waals surface area contributed by atoms with Crippen LogP contribution in [0.5, 0.6) is 0 Å². The van der Waals surface area contributed by atoms with Gasteiger partial charge in [0.25, 0.3) is 0 Å². The Morgan fingerprint density at radius 1 is 1.54 bits per heavy atom. The molecule has 1 heterocycles. The number of halogens is 1. The molecule has 1 aliphatic heterocycles. The monoisotopic (exact) mass is 241 g/mol. The van der Waals surface area contributed by atoms with Gasteiger partial charge in [-0.25, -0.2) is 0 Å². The number of benzene rings is 1. The van der Waals surface area contributed by atoms with Crippen molar-refractivity contribution in [1.29, 1.82) is 0 Å². The first-order chi connectivity index (χ1) is 6.07. The molecule has 2 nitrogen and oxygen atoms in total. The maximum atomic E-state index is 9.82. The van der Waals surface area contributed by atoms with Gasteiger partial charge in [-0.15, -0.1) is 0 Å². The molecule has 70 valence electrons. The zero-order valence-electron chi connectivity index (χ0n) is 7.47. The summed E-state index contributed by atoms with van der Waals surface area (Å²) in [6, 6.07) is 6.09. The molecular formula is C10H12BrNO. The number of anilines is 1. The summed E-state index contributed by atoms with van der Waals surface area (Å²) in [5, 5.41) is 13.0. The highest BCUT2D eigenvalue weighted by Crippen LogP contribution is 2.29. The third kappa shape index (κ3) is 1.86. The van der Waals surface area contributed by atoms with Gasteiger partial charge in [0.05, 0.1) is 5.60 Å². The van der Waals surface area contributed by atoms with Crippen LogP contribution in [-0.2, 0) is 6.42 Å². The van der Waals surface area contributed by atoms with Crippen molar-refractivity contribution >= 4 is 21.6 Å². The Balaban J connectivity index is 2.37. The van der Waals surface area contributed by atoms with Crippen LogP contribution < -0.4 is 5.32 Å². The van der Waals surface area contributed by atoms with E-state index in [-0.39, 0.29) is 0 Å². The van der Waals surface area contributed by atoms with Gasteiger partial charge in [0.2, 0.25) is 0 Å². The molecule has 2 N–H and O–H groups in total. The lowest BCUT2D eigenvalue weighted by Gasteiger charge is -2.31. The van der Waals surface area contributed by atoms with Gasteiger partial charge in [-0.2, -0.15) is 0 Å². The fourth-order valence-electron chi connectivity index (χ4n) is 1.63. The molecule has 1 aromatic rings. The van der Waals surface area contributed by atoms with Crippen molar-refractivity contribution in [2.75, 3.05) is 11.9 Å². The van der Waals surface area contributed by atoms with Crippen LogP contribution in [0.1, 0.15) is 12.5 Å². The second-order valence-corrected chi connectivity index (χ2v) is 4.74. The van der Waals surface area contributed by atoms with Crippen molar-refractivity contribution in [2.24, 2.45) is 0 Å². The fraction of sp³-hybridized carbons (Fsp3) is 0.400. The fourth-order valence-corrected chi connectivity index (χ4v) is 1.99. The Bertz CT molecular complexity index is 336. The third-order valence-corrected chi connectivity index (χ3v) is 2.80. The number of rotatable bonds is 0. The molecule has 1 unspecified atom stereocenters. The van der Waals surface area contributed by atoms with Crippen molar-refractivity contribution in [3.05, 3.63) is 28.2 Å². The largest absolute Gasteiger partial charge is 0.388 e. The molecule has 1 aromatic carbocycles. The van der Waals surface area contributed by atoms with E-state index in [0.717, 1.165) is 16.6 Å². The van der Waals surface area contributed by atoms with E-state index < -0.39 is 5.60 Å². The number of fused-ring (bicyclic) bond motifs is 1. The van der Waals surface area contributed by atoms with Crippen LogP contribution in [-0.4, -0.2) is 17.3 Å². The molecule has 2 rings (SSSR count). The van der Waals surface area contributed by atoms with Crippen molar-refractivity contribution in [1.82, 2.24) is 0 Å². The maximum absolute atomic E-state index is 9.82. The van der Waals surface area contributed by atoms with Gasteiger partial charge in [-0.1, -0.05) is 22.0 Å². The lowest BCUT2D eigenvalue weighted by atomic mass is 9.92. The number of aliphatic hydroxyl groups is 1. The minimum Gasteiger partial charge on any atom is -0.388 e. The first-order valence-corrected chi connectivity index (χ1v) is 5.11. The SMILES string of the molecule is CC1(O)CNc2cc(Br)ccc2C1. The van der Waals surface area contributed by atoms with Crippen molar-refractivity contribution in [3.8, 4) is 0 Å². The molecule has 1 atom stereocenters.